The number of nitrogens with zero attached hydrogens (tertiary/aromatic N) is 2. The Morgan fingerprint density at radius 2 is 0.622 bits per heavy atom. The number of aliphatic hydroxyl groups is 1. The van der Waals surface area contributed by atoms with E-state index in [4.69, 9.17) is 28.4 Å². The van der Waals surface area contributed by atoms with E-state index < -0.39 is 18.5 Å². The van der Waals surface area contributed by atoms with Crippen LogP contribution in [-0.4, -0.2) is 143 Å². The van der Waals surface area contributed by atoms with Crippen LogP contribution in [0.4, 0.5) is 0 Å². The predicted molar refractivity (Wildman–Crippen MR) is 330 cm³/mol. The molecule has 0 aromatic heterocycles. The van der Waals surface area contributed by atoms with Crippen molar-refractivity contribution in [2.75, 3.05) is 68.6 Å². The highest BCUT2D eigenvalue weighted by Crippen LogP contribution is 2.24. The molecular weight excluding hydrogens is 1040 g/mol. The molecule has 5 unspecified atom stereocenters. The highest BCUT2D eigenvalue weighted by Gasteiger charge is 2.25. The van der Waals surface area contributed by atoms with E-state index in [1.54, 1.807) is 0 Å². The van der Waals surface area contributed by atoms with Crippen LogP contribution in [0, 0.1) is 5.92 Å². The number of likely N-dealkylation sites (N-methyl/N-ethyl adjacent to an activating group) is 2. The Hall–Kier alpha value is -3.30. The molecule has 0 radical (unpaired) electrons. The predicted octanol–water partition coefficient (Wildman–Crippen LogP) is 15.2. The Bertz CT molecular complexity index is 1490. The number of hydrogen-bond donors (Lipinski definition) is 1. The SMILES string of the molecule is CCCCCCCCCC(OC(=O)CCCCCCCCCCC(C)C(CCCCC)OC(=O)CCCC(=O)OCC[N+](C)(C)C)OC(=O)CCCCCCCCCCC(O)C(CCCCC)OC(=O)CCCC(=O)OCC[N+](C)(C)C. The maximum Gasteiger partial charge on any atom is 0.308 e. The third-order valence-corrected chi connectivity index (χ3v) is 15.4. The van der Waals surface area contributed by atoms with Crippen molar-refractivity contribution in [3.05, 3.63) is 0 Å². The first kappa shape index (κ1) is 78.7. The summed E-state index contributed by atoms with van der Waals surface area (Å²) in [7, 11) is 12.3. The molecule has 0 heterocycles. The first-order valence-electron chi connectivity index (χ1n) is 33.6. The Labute approximate surface area is 501 Å². The van der Waals surface area contributed by atoms with E-state index in [1.807, 2.05) is 21.1 Å². The molecule has 0 aliphatic heterocycles. The first-order chi connectivity index (χ1) is 39.2. The standard InChI is InChI=1S/C67H128N2O13/c1-11-14-17-18-23-32-39-52-67(81-65(75)46-37-30-26-21-19-24-28-35-42-57(4)59(44-33-15-12-2)79-63(73)50-40-48-61(71)77-55-53-68(5,6)7)82-66(76)47-38-31-27-22-20-25-29-36-43-58(70)60(45-34-16-13-3)80-64(74)51-41-49-62(72)78-56-54-69(8,9)10/h57-60,67,70H,11-56H2,1-10H3/q+2. The minimum atomic E-state index is -0.829. The van der Waals surface area contributed by atoms with Gasteiger partial charge in [-0.3, -0.25) is 28.8 Å². The number of unbranched alkanes of at least 4 members (excludes halogenated alkanes) is 24. The molecule has 0 aromatic carbocycles. The molecule has 5 atom stereocenters. The molecule has 0 bridgehead atoms. The van der Waals surface area contributed by atoms with Crippen LogP contribution in [0.5, 0.6) is 0 Å². The van der Waals surface area contributed by atoms with Crippen LogP contribution in [0.3, 0.4) is 0 Å². The average molecular weight is 1170 g/mol. The molecule has 15 heteroatoms. The minimum Gasteiger partial charge on any atom is -0.462 e. The number of carbonyl (C=O) groups is 6. The highest BCUT2D eigenvalue weighted by atomic mass is 16.7. The van der Waals surface area contributed by atoms with E-state index in [-0.39, 0.29) is 73.5 Å². The smallest absolute Gasteiger partial charge is 0.308 e. The summed E-state index contributed by atoms with van der Waals surface area (Å²) in [6.07, 6.45) is 34.0. The van der Waals surface area contributed by atoms with Crippen LogP contribution in [-0.2, 0) is 57.2 Å². The number of hydrogen-bond acceptors (Lipinski definition) is 13. The summed E-state index contributed by atoms with van der Waals surface area (Å²) in [5.41, 5.74) is 0. The van der Waals surface area contributed by atoms with Gasteiger partial charge < -0.3 is 42.5 Å². The molecule has 0 aliphatic rings. The molecule has 15 nitrogen and oxygen atoms in total. The van der Waals surface area contributed by atoms with Crippen LogP contribution in [0.15, 0.2) is 0 Å². The molecule has 0 saturated carbocycles. The van der Waals surface area contributed by atoms with E-state index in [2.05, 4.69) is 48.8 Å². The van der Waals surface area contributed by atoms with Gasteiger partial charge in [-0.1, -0.05) is 182 Å². The van der Waals surface area contributed by atoms with Gasteiger partial charge in [-0.05, 0) is 76.5 Å². The molecule has 0 fully saturated rings. The van der Waals surface area contributed by atoms with Crippen LogP contribution < -0.4 is 0 Å². The average Bonchev–Trinajstić information content (AvgIpc) is 3.41. The second-order valence-electron chi connectivity index (χ2n) is 25.8. The molecule has 0 aromatic rings. The van der Waals surface area contributed by atoms with Crippen molar-refractivity contribution in [1.29, 1.82) is 0 Å². The number of rotatable bonds is 58. The van der Waals surface area contributed by atoms with Crippen molar-refractivity contribution in [3.63, 3.8) is 0 Å². The number of quaternary nitrogens is 2. The Kier molecular flexibility index (Phi) is 50.0. The molecule has 0 spiro atoms. The maximum absolute atomic E-state index is 13.0. The van der Waals surface area contributed by atoms with Gasteiger partial charge in [0.25, 0.3) is 0 Å². The normalized spacial score (nSPS) is 13.6. The molecule has 0 aliphatic carbocycles. The molecule has 1 N–H and O–H groups in total. The van der Waals surface area contributed by atoms with Crippen molar-refractivity contribution in [3.8, 4) is 0 Å². The van der Waals surface area contributed by atoms with Gasteiger partial charge in [0.15, 0.2) is 0 Å². The summed E-state index contributed by atoms with van der Waals surface area (Å²) in [5.74, 6) is -1.47. The largest absolute Gasteiger partial charge is 0.462 e. The molecule has 0 amide bonds. The first-order valence-corrected chi connectivity index (χ1v) is 33.6. The van der Waals surface area contributed by atoms with Crippen molar-refractivity contribution < 1.29 is 71.3 Å². The summed E-state index contributed by atoms with van der Waals surface area (Å²) >= 11 is 0. The van der Waals surface area contributed by atoms with E-state index in [1.165, 1.54) is 25.7 Å². The quantitative estimate of drug-likeness (QED) is 0.0200. The summed E-state index contributed by atoms with van der Waals surface area (Å²) in [4.78, 5) is 75.6. The lowest BCUT2D eigenvalue weighted by atomic mass is 9.93. The zero-order chi connectivity index (χ0) is 61.1. The third-order valence-electron chi connectivity index (χ3n) is 15.4. The minimum absolute atomic E-state index is 0.0926. The van der Waals surface area contributed by atoms with Crippen LogP contribution >= 0.6 is 0 Å². The molecule has 0 rings (SSSR count). The van der Waals surface area contributed by atoms with E-state index in [9.17, 15) is 33.9 Å². The van der Waals surface area contributed by atoms with Crippen molar-refractivity contribution >= 4 is 35.8 Å². The number of carbonyl (C=O) groups excluding carboxylic acids is 6. The fourth-order valence-electron chi connectivity index (χ4n) is 9.87. The fourth-order valence-corrected chi connectivity index (χ4v) is 9.87. The monoisotopic (exact) mass is 1170 g/mol. The number of esters is 6. The molecule has 82 heavy (non-hydrogen) atoms. The summed E-state index contributed by atoms with van der Waals surface area (Å²) in [5, 5.41) is 11.0. The maximum atomic E-state index is 13.0. The van der Waals surface area contributed by atoms with Crippen LogP contribution in [0.25, 0.3) is 0 Å². The topological polar surface area (TPSA) is 178 Å². The lowest BCUT2D eigenvalue weighted by molar-refractivity contribution is -0.870. The third kappa shape index (κ3) is 52.3. The second-order valence-corrected chi connectivity index (χ2v) is 25.8. The number of aliphatic hydroxyl groups excluding tert-OH is 1. The van der Waals surface area contributed by atoms with Gasteiger partial charge in [-0.2, -0.15) is 0 Å². The van der Waals surface area contributed by atoms with Crippen molar-refractivity contribution in [2.24, 2.45) is 5.92 Å². The summed E-state index contributed by atoms with van der Waals surface area (Å²) in [6.45, 7) is 10.9. The highest BCUT2D eigenvalue weighted by molar-refractivity contribution is 5.73. The summed E-state index contributed by atoms with van der Waals surface area (Å²) in [6, 6.07) is 0. The fraction of sp³-hybridized carbons (Fsp3) is 0.910. The van der Waals surface area contributed by atoms with Crippen molar-refractivity contribution in [1.82, 2.24) is 0 Å². The van der Waals surface area contributed by atoms with Gasteiger partial charge in [0.05, 0.1) is 48.4 Å². The molecule has 482 valence electrons. The van der Waals surface area contributed by atoms with Gasteiger partial charge in [0, 0.05) is 44.9 Å². The van der Waals surface area contributed by atoms with Crippen LogP contribution in [0.1, 0.15) is 297 Å². The van der Waals surface area contributed by atoms with Gasteiger partial charge in [0.1, 0.15) is 38.5 Å². The Morgan fingerprint density at radius 3 is 1.04 bits per heavy atom. The van der Waals surface area contributed by atoms with E-state index in [0.29, 0.717) is 62.6 Å². The second kappa shape index (κ2) is 52.1. The zero-order valence-electron chi connectivity index (χ0n) is 54.7. The lowest BCUT2D eigenvalue weighted by Gasteiger charge is -2.24. The number of ether oxygens (including phenoxy) is 6. The molecule has 0 saturated heterocycles. The Balaban J connectivity index is 4.57. The van der Waals surface area contributed by atoms with Gasteiger partial charge >= 0.3 is 35.8 Å². The zero-order valence-corrected chi connectivity index (χ0v) is 54.7. The van der Waals surface area contributed by atoms with E-state index in [0.717, 1.165) is 191 Å². The van der Waals surface area contributed by atoms with Crippen molar-refractivity contribution in [2.45, 2.75) is 322 Å². The lowest BCUT2D eigenvalue weighted by Crippen LogP contribution is -2.38. The Morgan fingerprint density at radius 1 is 0.329 bits per heavy atom. The van der Waals surface area contributed by atoms with Gasteiger partial charge in [-0.25, -0.2) is 0 Å². The van der Waals surface area contributed by atoms with E-state index >= 15 is 0 Å². The van der Waals surface area contributed by atoms with Gasteiger partial charge in [-0.15, -0.1) is 0 Å². The van der Waals surface area contributed by atoms with Gasteiger partial charge in [0.2, 0.25) is 6.29 Å². The summed E-state index contributed by atoms with van der Waals surface area (Å²) < 4.78 is 35.4. The molecular formula is C67H128N2O13+2. The van der Waals surface area contributed by atoms with Crippen LogP contribution in [0.2, 0.25) is 0 Å².